The summed E-state index contributed by atoms with van der Waals surface area (Å²) < 4.78 is 5.20. The van der Waals surface area contributed by atoms with Crippen molar-refractivity contribution in [3.8, 4) is 5.75 Å². The summed E-state index contributed by atoms with van der Waals surface area (Å²) in [4.78, 5) is 10.7. The third-order valence-corrected chi connectivity index (χ3v) is 1.40. The second kappa shape index (κ2) is 4.50. The molecule has 0 saturated heterocycles. The molecule has 0 atom stereocenters. The molecule has 0 aliphatic carbocycles. The fourth-order valence-corrected chi connectivity index (χ4v) is 0.937. The van der Waals surface area contributed by atoms with Gasteiger partial charge in [0.1, 0.15) is 5.75 Å². The van der Waals surface area contributed by atoms with Gasteiger partial charge in [0.15, 0.2) is 0 Å². The van der Waals surface area contributed by atoms with E-state index in [-0.39, 0.29) is 5.91 Å². The van der Waals surface area contributed by atoms with Crippen LogP contribution in [-0.4, -0.2) is 12.5 Å². The highest BCUT2D eigenvalue weighted by Gasteiger charge is 1.96. The van der Waals surface area contributed by atoms with Crippen LogP contribution in [0.15, 0.2) is 18.2 Å². The van der Waals surface area contributed by atoms with Crippen molar-refractivity contribution >= 4 is 11.6 Å². The van der Waals surface area contributed by atoms with Gasteiger partial charge in [0, 0.05) is 18.7 Å². The van der Waals surface area contributed by atoms with Crippen LogP contribution in [-0.2, 0) is 4.79 Å². The predicted molar refractivity (Wildman–Crippen MR) is 50.8 cm³/mol. The first-order valence-electron chi connectivity index (χ1n) is 4.14. The molecule has 0 aromatic heterocycles. The number of carbonyl (C=O) groups is 1. The number of rotatable bonds is 3. The third kappa shape index (κ3) is 3.15. The smallest absolute Gasteiger partial charge is 0.221 e. The van der Waals surface area contributed by atoms with Crippen LogP contribution in [0.1, 0.15) is 13.8 Å². The van der Waals surface area contributed by atoms with Crippen LogP contribution in [0.4, 0.5) is 5.69 Å². The van der Waals surface area contributed by atoms with Crippen LogP contribution in [0.3, 0.4) is 0 Å². The quantitative estimate of drug-likeness (QED) is 0.767. The van der Waals surface area contributed by atoms with Crippen LogP contribution in [0.25, 0.3) is 0 Å². The molecule has 3 nitrogen and oxygen atoms in total. The lowest BCUT2D eigenvalue weighted by Crippen LogP contribution is -2.05. The summed E-state index contributed by atoms with van der Waals surface area (Å²) in [6, 6.07) is 8.15. The zero-order valence-electron chi connectivity index (χ0n) is 7.76. The van der Waals surface area contributed by atoms with Crippen molar-refractivity contribution in [3.63, 3.8) is 0 Å². The minimum absolute atomic E-state index is 0.0856. The molecular formula is C10H12NO2. The molecule has 1 rings (SSSR count). The number of hydrogen-bond acceptors (Lipinski definition) is 2. The molecule has 13 heavy (non-hydrogen) atoms. The molecule has 69 valence electrons. The summed E-state index contributed by atoms with van der Waals surface area (Å²) in [6.07, 6.45) is 0. The molecule has 1 amide bonds. The van der Waals surface area contributed by atoms with Gasteiger partial charge < -0.3 is 10.1 Å². The maximum Gasteiger partial charge on any atom is 0.221 e. The lowest BCUT2D eigenvalue weighted by atomic mass is 10.3. The molecular weight excluding hydrogens is 166 g/mol. The van der Waals surface area contributed by atoms with Gasteiger partial charge in [-0.15, -0.1) is 0 Å². The topological polar surface area (TPSA) is 38.3 Å². The zero-order valence-corrected chi connectivity index (χ0v) is 7.76. The summed E-state index contributed by atoms with van der Waals surface area (Å²) in [5.41, 5.74) is 0.732. The van der Waals surface area contributed by atoms with Gasteiger partial charge in [0.25, 0.3) is 0 Å². The predicted octanol–water partition coefficient (Wildman–Crippen LogP) is 1.84. The largest absolute Gasteiger partial charge is 0.493 e. The van der Waals surface area contributed by atoms with Gasteiger partial charge in [0.2, 0.25) is 5.91 Å². The third-order valence-electron chi connectivity index (χ3n) is 1.40. The number of hydrogen-bond donors (Lipinski definition) is 1. The normalized spacial score (nSPS) is 9.38. The zero-order chi connectivity index (χ0) is 9.68. The van der Waals surface area contributed by atoms with Crippen molar-refractivity contribution in [1.29, 1.82) is 0 Å². The number of ether oxygens (including phenoxy) is 1. The Hall–Kier alpha value is -1.51. The van der Waals surface area contributed by atoms with E-state index in [0.717, 1.165) is 5.69 Å². The van der Waals surface area contributed by atoms with E-state index in [9.17, 15) is 4.79 Å². The van der Waals surface area contributed by atoms with E-state index >= 15 is 0 Å². The first kappa shape index (κ1) is 9.58. The van der Waals surface area contributed by atoms with Crippen LogP contribution in [0, 0.1) is 6.07 Å². The molecule has 1 N–H and O–H groups in total. The first-order chi connectivity index (χ1) is 6.22. The number of carbonyl (C=O) groups excluding carboxylic acids is 1. The van der Waals surface area contributed by atoms with E-state index in [2.05, 4.69) is 11.4 Å². The SMILES string of the molecule is CCOc1[c]cc(NC(C)=O)cc1. The van der Waals surface area contributed by atoms with Crippen molar-refractivity contribution in [3.05, 3.63) is 24.3 Å². The fraction of sp³-hybridized carbons (Fsp3) is 0.300. The molecule has 1 aromatic carbocycles. The second-order valence-corrected chi connectivity index (χ2v) is 2.56. The summed E-state index contributed by atoms with van der Waals surface area (Å²) in [6.45, 7) is 4.00. The van der Waals surface area contributed by atoms with Crippen molar-refractivity contribution in [2.75, 3.05) is 11.9 Å². The fourth-order valence-electron chi connectivity index (χ4n) is 0.937. The van der Waals surface area contributed by atoms with E-state index in [1.54, 1.807) is 18.2 Å². The minimum Gasteiger partial charge on any atom is -0.493 e. The number of nitrogens with one attached hydrogen (secondary N) is 1. The van der Waals surface area contributed by atoms with Crippen LogP contribution in [0.5, 0.6) is 5.75 Å². The molecule has 0 bridgehead atoms. The van der Waals surface area contributed by atoms with Gasteiger partial charge in [0.05, 0.1) is 6.61 Å². The number of amides is 1. The average molecular weight is 178 g/mol. The van der Waals surface area contributed by atoms with Gasteiger partial charge in [-0.3, -0.25) is 4.79 Å². The van der Waals surface area contributed by atoms with Crippen LogP contribution in [0.2, 0.25) is 0 Å². The molecule has 0 saturated carbocycles. The van der Waals surface area contributed by atoms with Gasteiger partial charge in [-0.25, -0.2) is 0 Å². The highest BCUT2D eigenvalue weighted by molar-refractivity contribution is 5.88. The van der Waals surface area contributed by atoms with E-state index in [4.69, 9.17) is 4.74 Å². The van der Waals surface area contributed by atoms with Gasteiger partial charge >= 0.3 is 0 Å². The van der Waals surface area contributed by atoms with E-state index in [0.29, 0.717) is 12.4 Å². The highest BCUT2D eigenvalue weighted by Crippen LogP contribution is 2.14. The van der Waals surface area contributed by atoms with E-state index < -0.39 is 0 Å². The molecule has 0 aliphatic heterocycles. The Morgan fingerprint density at radius 1 is 1.62 bits per heavy atom. The molecule has 1 radical (unpaired) electrons. The maximum atomic E-state index is 10.7. The van der Waals surface area contributed by atoms with E-state index in [1.165, 1.54) is 6.92 Å². The number of benzene rings is 1. The molecule has 3 heteroatoms. The monoisotopic (exact) mass is 178 g/mol. The molecule has 0 heterocycles. The van der Waals surface area contributed by atoms with Crippen LogP contribution < -0.4 is 10.1 Å². The molecule has 0 fully saturated rings. The Labute approximate surface area is 77.7 Å². The van der Waals surface area contributed by atoms with Crippen molar-refractivity contribution in [2.45, 2.75) is 13.8 Å². The summed E-state index contributed by atoms with van der Waals surface area (Å²) in [7, 11) is 0. The Balaban J connectivity index is 2.64. The minimum atomic E-state index is -0.0856. The standard InChI is InChI=1S/C10H12NO2/c1-3-13-10-6-4-9(5-7-10)11-8(2)12/h4-6H,3H2,1-2H3,(H,11,12). The average Bonchev–Trinajstić information content (AvgIpc) is 2.08. The first-order valence-corrected chi connectivity index (χ1v) is 4.14. The van der Waals surface area contributed by atoms with Crippen molar-refractivity contribution in [1.82, 2.24) is 0 Å². The highest BCUT2D eigenvalue weighted by atomic mass is 16.5. The molecule has 0 spiro atoms. The molecule has 1 aromatic rings. The lowest BCUT2D eigenvalue weighted by molar-refractivity contribution is -0.114. The maximum absolute atomic E-state index is 10.7. The second-order valence-electron chi connectivity index (χ2n) is 2.56. The summed E-state index contributed by atoms with van der Waals surface area (Å²) >= 11 is 0. The van der Waals surface area contributed by atoms with Crippen molar-refractivity contribution in [2.24, 2.45) is 0 Å². The van der Waals surface area contributed by atoms with Gasteiger partial charge in [-0.2, -0.15) is 0 Å². The molecule has 0 aliphatic rings. The number of anilines is 1. The Bertz CT molecular complexity index is 279. The van der Waals surface area contributed by atoms with Gasteiger partial charge in [-0.05, 0) is 25.1 Å². The Kier molecular flexibility index (Phi) is 3.31. The van der Waals surface area contributed by atoms with Crippen LogP contribution >= 0.6 is 0 Å². The van der Waals surface area contributed by atoms with E-state index in [1.807, 2.05) is 6.92 Å². The molecule has 0 unspecified atom stereocenters. The summed E-state index contributed by atoms with van der Waals surface area (Å²) in [5.74, 6) is 0.606. The lowest BCUT2D eigenvalue weighted by Gasteiger charge is -2.04. The Morgan fingerprint density at radius 3 is 2.85 bits per heavy atom. The van der Waals surface area contributed by atoms with Crippen molar-refractivity contribution < 1.29 is 9.53 Å². The Morgan fingerprint density at radius 2 is 2.38 bits per heavy atom. The summed E-state index contributed by atoms with van der Waals surface area (Å²) in [5, 5.41) is 2.65. The van der Waals surface area contributed by atoms with Gasteiger partial charge in [-0.1, -0.05) is 0 Å².